The van der Waals surface area contributed by atoms with Crippen LogP contribution in [0.3, 0.4) is 0 Å². The summed E-state index contributed by atoms with van der Waals surface area (Å²) < 4.78 is 39.5. The van der Waals surface area contributed by atoms with Crippen LogP contribution >= 0.6 is 11.3 Å². The van der Waals surface area contributed by atoms with E-state index in [1.807, 2.05) is 6.92 Å². The van der Waals surface area contributed by atoms with Crippen molar-refractivity contribution >= 4 is 27.3 Å². The van der Waals surface area contributed by atoms with Gasteiger partial charge in [0, 0.05) is 50.3 Å². The Balaban J connectivity index is 1.67. The molecule has 1 saturated heterocycles. The molecule has 168 valence electrons. The van der Waals surface area contributed by atoms with Gasteiger partial charge >= 0.3 is 5.97 Å². The fourth-order valence-electron chi connectivity index (χ4n) is 4.52. The first-order valence-electron chi connectivity index (χ1n) is 11.0. The number of carbonyl (C=O) groups excluding carboxylic acids is 1. The predicted molar refractivity (Wildman–Crippen MR) is 115 cm³/mol. The molecule has 1 saturated carbocycles. The Labute approximate surface area is 183 Å². The summed E-state index contributed by atoms with van der Waals surface area (Å²) in [6, 6.07) is 0.460. The summed E-state index contributed by atoms with van der Waals surface area (Å²) in [7, 11) is -2.40. The number of sulfonamides is 1. The second kappa shape index (κ2) is 9.24. The zero-order valence-corrected chi connectivity index (χ0v) is 19.5. The van der Waals surface area contributed by atoms with E-state index in [1.54, 1.807) is 4.31 Å². The second-order valence-electron chi connectivity index (χ2n) is 8.53. The monoisotopic (exact) mass is 456 g/mol. The molecule has 4 rings (SSSR count). The molecule has 30 heavy (non-hydrogen) atoms. The van der Waals surface area contributed by atoms with Gasteiger partial charge in [-0.25, -0.2) is 13.2 Å². The van der Waals surface area contributed by atoms with Crippen molar-refractivity contribution in [3.05, 3.63) is 16.0 Å². The van der Waals surface area contributed by atoms with Gasteiger partial charge in [0.15, 0.2) is 0 Å². The first-order valence-corrected chi connectivity index (χ1v) is 13.3. The Morgan fingerprint density at radius 1 is 1.27 bits per heavy atom. The standard InChI is InChI=1S/C21H32N2O5S2/c1-3-9-23(13-15-4-5-15)30(25,26)21-19(20(24)27-2)17-6-10-22(14-18(17)29-21)16-7-11-28-12-8-16/h15-16H,3-14H2,1-2H3. The highest BCUT2D eigenvalue weighted by atomic mass is 32.2. The molecular weight excluding hydrogens is 424 g/mol. The molecule has 0 aromatic carbocycles. The van der Waals surface area contributed by atoms with Crippen LogP contribution in [0.25, 0.3) is 0 Å². The first kappa shape index (κ1) is 22.2. The van der Waals surface area contributed by atoms with Crippen LogP contribution in [-0.4, -0.2) is 69.6 Å². The number of esters is 1. The van der Waals surface area contributed by atoms with Gasteiger partial charge in [0.2, 0.25) is 0 Å². The third-order valence-corrected chi connectivity index (χ3v) is 9.93. The lowest BCUT2D eigenvalue weighted by Crippen LogP contribution is -2.42. The molecule has 2 aliphatic heterocycles. The lowest BCUT2D eigenvalue weighted by molar-refractivity contribution is 0.0294. The summed E-state index contributed by atoms with van der Waals surface area (Å²) in [6.45, 7) is 6.10. The zero-order chi connectivity index (χ0) is 21.3. The average Bonchev–Trinajstić information content (AvgIpc) is 3.49. The second-order valence-corrected chi connectivity index (χ2v) is 11.8. The lowest BCUT2D eigenvalue weighted by Gasteiger charge is -2.36. The van der Waals surface area contributed by atoms with Gasteiger partial charge in [-0.2, -0.15) is 4.31 Å². The molecule has 3 aliphatic rings. The van der Waals surface area contributed by atoms with Crippen LogP contribution in [0.5, 0.6) is 0 Å². The highest BCUT2D eigenvalue weighted by molar-refractivity contribution is 7.91. The molecule has 9 heteroatoms. The summed E-state index contributed by atoms with van der Waals surface area (Å²) in [4.78, 5) is 16.1. The normalized spacial score (nSPS) is 21.0. The van der Waals surface area contributed by atoms with Crippen molar-refractivity contribution in [1.82, 2.24) is 9.21 Å². The maximum atomic E-state index is 13.6. The Kier molecular flexibility index (Phi) is 6.84. The molecule has 0 N–H and O–H groups in total. The minimum absolute atomic E-state index is 0.183. The van der Waals surface area contributed by atoms with Crippen molar-refractivity contribution < 1.29 is 22.7 Å². The highest BCUT2D eigenvalue weighted by Crippen LogP contribution is 2.40. The summed E-state index contributed by atoms with van der Waals surface area (Å²) >= 11 is 1.28. The molecule has 0 amide bonds. The minimum Gasteiger partial charge on any atom is -0.465 e. The van der Waals surface area contributed by atoms with Crippen LogP contribution in [0, 0.1) is 5.92 Å². The van der Waals surface area contributed by atoms with Gasteiger partial charge in [-0.05, 0) is 50.0 Å². The van der Waals surface area contributed by atoms with E-state index >= 15 is 0 Å². The van der Waals surface area contributed by atoms with Gasteiger partial charge in [0.25, 0.3) is 10.0 Å². The third-order valence-electron chi connectivity index (χ3n) is 6.36. The van der Waals surface area contributed by atoms with Crippen molar-refractivity contribution in [2.45, 2.75) is 62.2 Å². The largest absolute Gasteiger partial charge is 0.465 e. The van der Waals surface area contributed by atoms with Crippen molar-refractivity contribution in [3.63, 3.8) is 0 Å². The quantitative estimate of drug-likeness (QED) is 0.560. The molecule has 0 atom stereocenters. The molecule has 2 fully saturated rings. The molecule has 1 aliphatic carbocycles. The summed E-state index contributed by atoms with van der Waals surface area (Å²) in [5.74, 6) is -0.0834. The lowest BCUT2D eigenvalue weighted by atomic mass is 9.99. The number of nitrogens with zero attached hydrogens (tertiary/aromatic N) is 2. The van der Waals surface area contributed by atoms with E-state index in [1.165, 1.54) is 18.4 Å². The molecule has 0 unspecified atom stereocenters. The van der Waals surface area contributed by atoms with Crippen molar-refractivity contribution in [3.8, 4) is 0 Å². The van der Waals surface area contributed by atoms with E-state index in [-0.39, 0.29) is 9.77 Å². The fourth-order valence-corrected chi connectivity index (χ4v) is 8.17. The van der Waals surface area contributed by atoms with E-state index < -0.39 is 16.0 Å². The number of hydrogen-bond acceptors (Lipinski definition) is 7. The van der Waals surface area contributed by atoms with Gasteiger partial charge in [0.1, 0.15) is 4.21 Å². The highest BCUT2D eigenvalue weighted by Gasteiger charge is 2.39. The van der Waals surface area contributed by atoms with Crippen molar-refractivity contribution in [2.75, 3.05) is 40.0 Å². The number of methoxy groups -OCH3 is 1. The topological polar surface area (TPSA) is 76.2 Å². The number of carbonyl (C=O) groups is 1. The van der Waals surface area contributed by atoms with E-state index in [0.717, 1.165) is 62.3 Å². The molecule has 7 nitrogen and oxygen atoms in total. The molecule has 0 spiro atoms. The smallest absolute Gasteiger partial charge is 0.340 e. The minimum atomic E-state index is -3.73. The number of thiophene rings is 1. The van der Waals surface area contributed by atoms with Gasteiger partial charge in [-0.3, -0.25) is 4.90 Å². The van der Waals surface area contributed by atoms with Gasteiger partial charge in [-0.1, -0.05) is 6.92 Å². The van der Waals surface area contributed by atoms with Crippen LogP contribution in [0.2, 0.25) is 0 Å². The van der Waals surface area contributed by atoms with Crippen LogP contribution in [-0.2, 0) is 32.5 Å². The average molecular weight is 457 g/mol. The SMILES string of the molecule is CCCN(CC1CC1)S(=O)(=O)c1sc2c(c1C(=O)OC)CCN(C1CCOCC1)C2. The van der Waals surface area contributed by atoms with Crippen molar-refractivity contribution in [2.24, 2.45) is 5.92 Å². The fraction of sp³-hybridized carbons (Fsp3) is 0.762. The molecule has 1 aromatic heterocycles. The molecule has 3 heterocycles. The van der Waals surface area contributed by atoms with Crippen LogP contribution in [0.4, 0.5) is 0 Å². The van der Waals surface area contributed by atoms with Crippen LogP contribution in [0.15, 0.2) is 4.21 Å². The van der Waals surface area contributed by atoms with Crippen molar-refractivity contribution in [1.29, 1.82) is 0 Å². The maximum Gasteiger partial charge on any atom is 0.340 e. The third kappa shape index (κ3) is 4.46. The number of ether oxygens (including phenoxy) is 2. The summed E-state index contributed by atoms with van der Waals surface area (Å²) in [6.07, 6.45) is 5.60. The Morgan fingerprint density at radius 2 is 2.00 bits per heavy atom. The first-order chi connectivity index (χ1) is 14.5. The zero-order valence-electron chi connectivity index (χ0n) is 17.9. The molecule has 1 aromatic rings. The van der Waals surface area contributed by atoms with E-state index in [4.69, 9.17) is 9.47 Å². The van der Waals surface area contributed by atoms with Gasteiger partial charge < -0.3 is 9.47 Å². The number of fused-ring (bicyclic) bond motifs is 1. The van der Waals surface area contributed by atoms with Crippen LogP contribution in [0.1, 0.15) is 59.8 Å². The van der Waals surface area contributed by atoms with Gasteiger partial charge in [0.05, 0.1) is 12.7 Å². The molecule has 0 bridgehead atoms. The van der Waals surface area contributed by atoms with Crippen LogP contribution < -0.4 is 0 Å². The maximum absolute atomic E-state index is 13.6. The van der Waals surface area contributed by atoms with E-state index in [0.29, 0.717) is 38.0 Å². The Hall–Kier alpha value is -1.00. The van der Waals surface area contributed by atoms with E-state index in [9.17, 15) is 13.2 Å². The van der Waals surface area contributed by atoms with E-state index in [2.05, 4.69) is 4.90 Å². The summed E-state index contributed by atoms with van der Waals surface area (Å²) in [5.41, 5.74) is 1.15. The Bertz CT molecular complexity index is 872. The summed E-state index contributed by atoms with van der Waals surface area (Å²) in [5, 5.41) is 0. The van der Waals surface area contributed by atoms with Gasteiger partial charge in [-0.15, -0.1) is 11.3 Å². The Morgan fingerprint density at radius 3 is 2.63 bits per heavy atom. The number of hydrogen-bond donors (Lipinski definition) is 0. The number of rotatable bonds is 8. The predicted octanol–water partition coefficient (Wildman–Crippen LogP) is 2.88. The molecular formula is C21H32N2O5S2. The molecule has 0 radical (unpaired) electrons.